The van der Waals surface area contributed by atoms with Gasteiger partial charge < -0.3 is 25.0 Å². The third-order valence-electron chi connectivity index (χ3n) is 5.42. The Labute approximate surface area is 165 Å². The van der Waals surface area contributed by atoms with Crippen LogP contribution in [-0.4, -0.2) is 60.9 Å². The normalized spacial score (nSPS) is 16.4. The minimum atomic E-state index is 0.313. The topological polar surface area (TPSA) is 80.0 Å². The summed E-state index contributed by atoms with van der Waals surface area (Å²) in [6, 6.07) is 6.18. The summed E-state index contributed by atoms with van der Waals surface area (Å²) in [4.78, 5) is 15.8. The van der Waals surface area contributed by atoms with Crippen molar-refractivity contribution in [2.24, 2.45) is 0 Å². The van der Waals surface area contributed by atoms with Gasteiger partial charge in [0.15, 0.2) is 23.1 Å². The number of ether oxygens (including phenoxy) is 2. The van der Waals surface area contributed by atoms with Crippen LogP contribution in [0.1, 0.15) is 19.4 Å². The van der Waals surface area contributed by atoms with Crippen molar-refractivity contribution in [2.75, 3.05) is 61.6 Å². The summed E-state index contributed by atoms with van der Waals surface area (Å²) in [5, 5.41) is 0. The molecule has 0 amide bonds. The largest absolute Gasteiger partial charge is 0.454 e. The van der Waals surface area contributed by atoms with Gasteiger partial charge in [0.05, 0.1) is 0 Å². The molecule has 8 nitrogen and oxygen atoms in total. The predicted octanol–water partition coefficient (Wildman–Crippen LogP) is 1.96. The van der Waals surface area contributed by atoms with E-state index in [1.807, 2.05) is 6.07 Å². The van der Waals surface area contributed by atoms with Crippen molar-refractivity contribution in [3.8, 4) is 11.5 Å². The standard InChI is InChI=1S/C20H28N6O2/c1-3-25(4-2)19-18(21)20(23-13-22-19)26-9-7-24(8-10-26)12-15-5-6-16-17(11-15)28-14-27-16/h5-6,11,13H,3-4,7-10,12,14,21H2,1-2H3. The fraction of sp³-hybridized carbons (Fsp3) is 0.500. The summed E-state index contributed by atoms with van der Waals surface area (Å²) in [5.74, 6) is 3.35. The van der Waals surface area contributed by atoms with E-state index in [1.165, 1.54) is 5.56 Å². The fourth-order valence-corrected chi connectivity index (χ4v) is 3.82. The second-order valence-electron chi connectivity index (χ2n) is 7.06. The van der Waals surface area contributed by atoms with Crippen LogP contribution < -0.4 is 25.0 Å². The first-order valence-electron chi connectivity index (χ1n) is 9.90. The number of nitrogens with zero attached hydrogens (tertiary/aromatic N) is 5. The van der Waals surface area contributed by atoms with E-state index in [0.717, 1.165) is 68.9 Å². The van der Waals surface area contributed by atoms with E-state index in [0.29, 0.717) is 12.5 Å². The first kappa shape index (κ1) is 18.6. The molecule has 2 aliphatic rings. The van der Waals surface area contributed by atoms with Crippen molar-refractivity contribution in [3.05, 3.63) is 30.1 Å². The molecule has 1 aromatic carbocycles. The Kier molecular flexibility index (Phi) is 5.38. The van der Waals surface area contributed by atoms with Gasteiger partial charge in [0.2, 0.25) is 6.79 Å². The molecule has 2 aromatic rings. The molecule has 0 aliphatic carbocycles. The van der Waals surface area contributed by atoms with Gasteiger partial charge in [-0.05, 0) is 31.5 Å². The lowest BCUT2D eigenvalue weighted by atomic mass is 10.1. The highest BCUT2D eigenvalue weighted by Crippen LogP contribution is 2.33. The Morgan fingerprint density at radius 2 is 1.79 bits per heavy atom. The predicted molar refractivity (Wildman–Crippen MR) is 110 cm³/mol. The summed E-state index contributed by atoms with van der Waals surface area (Å²) >= 11 is 0. The molecule has 2 aliphatic heterocycles. The lowest BCUT2D eigenvalue weighted by Crippen LogP contribution is -2.46. The number of rotatable bonds is 6. The average Bonchev–Trinajstić information content (AvgIpc) is 3.19. The van der Waals surface area contributed by atoms with E-state index >= 15 is 0 Å². The highest BCUT2D eigenvalue weighted by Gasteiger charge is 2.23. The van der Waals surface area contributed by atoms with E-state index < -0.39 is 0 Å². The number of nitrogens with two attached hydrogens (primary N) is 1. The molecule has 3 heterocycles. The maximum absolute atomic E-state index is 6.43. The van der Waals surface area contributed by atoms with Crippen LogP contribution in [0.4, 0.5) is 17.3 Å². The molecule has 2 N–H and O–H groups in total. The highest BCUT2D eigenvalue weighted by atomic mass is 16.7. The molecule has 0 radical (unpaired) electrons. The van der Waals surface area contributed by atoms with Crippen molar-refractivity contribution in [1.29, 1.82) is 0 Å². The van der Waals surface area contributed by atoms with E-state index in [4.69, 9.17) is 15.2 Å². The van der Waals surface area contributed by atoms with Gasteiger partial charge in [-0.25, -0.2) is 9.97 Å². The van der Waals surface area contributed by atoms with Crippen molar-refractivity contribution in [2.45, 2.75) is 20.4 Å². The number of anilines is 3. The maximum atomic E-state index is 6.43. The molecule has 0 spiro atoms. The van der Waals surface area contributed by atoms with Crippen LogP contribution in [0.25, 0.3) is 0 Å². The van der Waals surface area contributed by atoms with Crippen LogP contribution in [0.3, 0.4) is 0 Å². The summed E-state index contributed by atoms with van der Waals surface area (Å²) in [6.07, 6.45) is 1.62. The van der Waals surface area contributed by atoms with Gasteiger partial charge in [-0.15, -0.1) is 0 Å². The van der Waals surface area contributed by atoms with E-state index in [-0.39, 0.29) is 0 Å². The van der Waals surface area contributed by atoms with Gasteiger partial charge in [0, 0.05) is 45.8 Å². The van der Waals surface area contributed by atoms with Crippen LogP contribution in [0, 0.1) is 0 Å². The Morgan fingerprint density at radius 3 is 2.54 bits per heavy atom. The molecule has 28 heavy (non-hydrogen) atoms. The smallest absolute Gasteiger partial charge is 0.231 e. The monoisotopic (exact) mass is 384 g/mol. The Bertz CT molecular complexity index is 818. The Hall–Kier alpha value is -2.74. The lowest BCUT2D eigenvalue weighted by molar-refractivity contribution is 0.174. The molecule has 1 saturated heterocycles. The summed E-state index contributed by atoms with van der Waals surface area (Å²) in [7, 11) is 0. The molecule has 0 atom stereocenters. The number of fused-ring (bicyclic) bond motifs is 1. The molecule has 8 heteroatoms. The molecule has 150 valence electrons. The molecular formula is C20H28N6O2. The number of piperazine rings is 1. The fourth-order valence-electron chi connectivity index (χ4n) is 3.82. The Balaban J connectivity index is 1.40. The minimum absolute atomic E-state index is 0.313. The molecule has 1 fully saturated rings. The summed E-state index contributed by atoms with van der Waals surface area (Å²) in [6.45, 7) is 10.9. The van der Waals surface area contributed by atoms with Crippen molar-refractivity contribution in [1.82, 2.24) is 14.9 Å². The number of hydrogen-bond donors (Lipinski definition) is 1. The quantitative estimate of drug-likeness (QED) is 0.810. The van der Waals surface area contributed by atoms with E-state index in [9.17, 15) is 0 Å². The second kappa shape index (κ2) is 8.10. The van der Waals surface area contributed by atoms with E-state index in [2.05, 4.69) is 50.6 Å². The van der Waals surface area contributed by atoms with Gasteiger partial charge in [0.25, 0.3) is 0 Å². The SMILES string of the molecule is CCN(CC)c1ncnc(N2CCN(Cc3ccc4c(c3)OCO4)CC2)c1N. The zero-order valence-electron chi connectivity index (χ0n) is 16.6. The van der Waals surface area contributed by atoms with Crippen LogP contribution in [-0.2, 0) is 6.54 Å². The van der Waals surface area contributed by atoms with Gasteiger partial charge in [-0.2, -0.15) is 0 Å². The molecule has 0 bridgehead atoms. The summed E-state index contributed by atoms with van der Waals surface area (Å²) < 4.78 is 10.9. The van der Waals surface area contributed by atoms with Crippen molar-refractivity contribution < 1.29 is 9.47 Å². The van der Waals surface area contributed by atoms with Gasteiger partial charge in [-0.3, -0.25) is 4.90 Å². The molecule has 0 unspecified atom stereocenters. The Morgan fingerprint density at radius 1 is 1.04 bits per heavy atom. The second-order valence-corrected chi connectivity index (χ2v) is 7.06. The maximum Gasteiger partial charge on any atom is 0.231 e. The van der Waals surface area contributed by atoms with Crippen LogP contribution >= 0.6 is 0 Å². The first-order chi connectivity index (χ1) is 13.7. The van der Waals surface area contributed by atoms with Crippen molar-refractivity contribution in [3.63, 3.8) is 0 Å². The van der Waals surface area contributed by atoms with Gasteiger partial charge in [-0.1, -0.05) is 6.07 Å². The molecule has 4 rings (SSSR count). The van der Waals surface area contributed by atoms with Gasteiger partial charge in [0.1, 0.15) is 12.0 Å². The number of aromatic nitrogens is 2. The lowest BCUT2D eigenvalue weighted by Gasteiger charge is -2.36. The third kappa shape index (κ3) is 3.64. The van der Waals surface area contributed by atoms with Crippen LogP contribution in [0.15, 0.2) is 24.5 Å². The first-order valence-corrected chi connectivity index (χ1v) is 9.90. The minimum Gasteiger partial charge on any atom is -0.454 e. The van der Waals surface area contributed by atoms with E-state index in [1.54, 1.807) is 6.33 Å². The summed E-state index contributed by atoms with van der Waals surface area (Å²) in [5.41, 5.74) is 8.34. The molecule has 1 aromatic heterocycles. The van der Waals surface area contributed by atoms with Crippen molar-refractivity contribution >= 4 is 17.3 Å². The molecule has 0 saturated carbocycles. The van der Waals surface area contributed by atoms with Crippen LogP contribution in [0.2, 0.25) is 0 Å². The zero-order chi connectivity index (χ0) is 19.5. The highest BCUT2D eigenvalue weighted by molar-refractivity contribution is 5.75. The number of nitrogen functional groups attached to an aromatic ring is 1. The average molecular weight is 384 g/mol. The molecular weight excluding hydrogens is 356 g/mol. The third-order valence-corrected chi connectivity index (χ3v) is 5.42. The van der Waals surface area contributed by atoms with Gasteiger partial charge >= 0.3 is 0 Å². The zero-order valence-corrected chi connectivity index (χ0v) is 16.6. The number of benzene rings is 1. The number of hydrogen-bond acceptors (Lipinski definition) is 8. The van der Waals surface area contributed by atoms with Crippen LogP contribution in [0.5, 0.6) is 11.5 Å².